The largest absolute Gasteiger partial charge is 0.481 e. The summed E-state index contributed by atoms with van der Waals surface area (Å²) in [5.74, 6) is 1.07. The van der Waals surface area contributed by atoms with Gasteiger partial charge in [0.05, 0.1) is 0 Å². The normalized spacial score (nSPS) is 23.4. The van der Waals surface area contributed by atoms with E-state index < -0.39 is 6.10 Å². The smallest absolute Gasteiger partial charge is 0.261 e. The van der Waals surface area contributed by atoms with Gasteiger partial charge in [0.25, 0.3) is 5.91 Å². The van der Waals surface area contributed by atoms with E-state index in [4.69, 9.17) is 16.3 Å². The maximum atomic E-state index is 12.2. The zero-order valence-corrected chi connectivity index (χ0v) is 13.8. The Morgan fingerprint density at radius 1 is 1.55 bits per heavy atom. The molecule has 3 nitrogen and oxygen atoms in total. The van der Waals surface area contributed by atoms with E-state index in [1.54, 1.807) is 31.2 Å². The summed E-state index contributed by atoms with van der Waals surface area (Å²) in [6, 6.07) is 7.35. The minimum atomic E-state index is -0.523. The Labute approximate surface area is 133 Å². The van der Waals surface area contributed by atoms with Gasteiger partial charge in [-0.25, -0.2) is 0 Å². The number of alkyl halides is 1. The average Bonchev–Trinajstić information content (AvgIpc) is 2.85. The van der Waals surface area contributed by atoms with Crippen molar-refractivity contribution < 1.29 is 9.53 Å². The van der Waals surface area contributed by atoms with E-state index in [0.29, 0.717) is 16.7 Å². The van der Waals surface area contributed by atoms with Gasteiger partial charge in [-0.15, -0.1) is 0 Å². The number of carbonyl (C=O) groups excluding carboxylic acids is 1. The molecule has 3 atom stereocenters. The Morgan fingerprint density at radius 2 is 2.35 bits per heavy atom. The van der Waals surface area contributed by atoms with Crippen LogP contribution in [0.2, 0.25) is 5.02 Å². The van der Waals surface area contributed by atoms with Gasteiger partial charge in [0.2, 0.25) is 0 Å². The van der Waals surface area contributed by atoms with Crippen LogP contribution in [0.25, 0.3) is 0 Å². The molecule has 20 heavy (non-hydrogen) atoms. The van der Waals surface area contributed by atoms with Gasteiger partial charge in [0, 0.05) is 16.4 Å². The second kappa shape index (κ2) is 7.32. The summed E-state index contributed by atoms with van der Waals surface area (Å²) in [5.41, 5.74) is 0. The number of halogens is 2. The van der Waals surface area contributed by atoms with Gasteiger partial charge < -0.3 is 10.1 Å². The Hall–Kier alpha value is -0.740. The molecule has 0 aliphatic heterocycles. The lowest BCUT2D eigenvalue weighted by molar-refractivity contribution is -0.128. The van der Waals surface area contributed by atoms with Gasteiger partial charge in [-0.2, -0.15) is 0 Å². The highest BCUT2D eigenvalue weighted by Gasteiger charge is 2.29. The minimum absolute atomic E-state index is 0.0668. The first-order valence-corrected chi connectivity index (χ1v) is 8.38. The molecule has 1 aliphatic rings. The number of carbonyl (C=O) groups is 1. The molecule has 1 fully saturated rings. The SMILES string of the molecule is CC(Oc1cccc(Cl)c1)C(=O)NC1CCCC1CBr. The van der Waals surface area contributed by atoms with Gasteiger partial charge in [0.15, 0.2) is 6.10 Å². The minimum Gasteiger partial charge on any atom is -0.481 e. The molecule has 1 aromatic rings. The Kier molecular flexibility index (Phi) is 5.73. The zero-order valence-electron chi connectivity index (χ0n) is 11.4. The number of rotatable bonds is 5. The maximum Gasteiger partial charge on any atom is 0.261 e. The first-order valence-electron chi connectivity index (χ1n) is 6.88. The molecular weight excluding hydrogens is 342 g/mol. The summed E-state index contributed by atoms with van der Waals surface area (Å²) in [7, 11) is 0. The van der Waals surface area contributed by atoms with Crippen LogP contribution < -0.4 is 10.1 Å². The molecule has 1 saturated carbocycles. The molecule has 110 valence electrons. The van der Waals surface area contributed by atoms with Crippen molar-refractivity contribution in [1.82, 2.24) is 5.32 Å². The van der Waals surface area contributed by atoms with Crippen LogP contribution in [0.3, 0.4) is 0 Å². The predicted octanol–water partition coefficient (Wildman–Crippen LogP) is 3.79. The lowest BCUT2D eigenvalue weighted by Gasteiger charge is -2.22. The highest BCUT2D eigenvalue weighted by molar-refractivity contribution is 9.09. The van der Waals surface area contributed by atoms with Crippen LogP contribution in [-0.2, 0) is 4.79 Å². The fourth-order valence-corrected chi connectivity index (χ4v) is 3.46. The van der Waals surface area contributed by atoms with Crippen molar-refractivity contribution >= 4 is 33.4 Å². The van der Waals surface area contributed by atoms with E-state index in [2.05, 4.69) is 21.2 Å². The van der Waals surface area contributed by atoms with Crippen molar-refractivity contribution in [1.29, 1.82) is 0 Å². The lowest BCUT2D eigenvalue weighted by atomic mass is 10.1. The molecular formula is C15H19BrClNO2. The molecule has 2 rings (SSSR count). The van der Waals surface area contributed by atoms with Gasteiger partial charge >= 0.3 is 0 Å². The fourth-order valence-electron chi connectivity index (χ4n) is 2.51. The monoisotopic (exact) mass is 359 g/mol. The highest BCUT2D eigenvalue weighted by atomic mass is 79.9. The van der Waals surface area contributed by atoms with Gasteiger partial charge in [-0.3, -0.25) is 4.79 Å². The Balaban J connectivity index is 1.89. The van der Waals surface area contributed by atoms with Crippen LogP contribution in [0.5, 0.6) is 5.75 Å². The summed E-state index contributed by atoms with van der Waals surface area (Å²) < 4.78 is 5.63. The second-order valence-electron chi connectivity index (χ2n) is 5.18. The van der Waals surface area contributed by atoms with Crippen molar-refractivity contribution in [2.24, 2.45) is 5.92 Å². The standard InChI is InChI=1S/C15H19BrClNO2/c1-10(20-13-6-3-5-12(17)8-13)15(19)18-14-7-2-4-11(14)9-16/h3,5-6,8,10-11,14H,2,4,7,9H2,1H3,(H,18,19). The van der Waals surface area contributed by atoms with Crippen LogP contribution in [0.1, 0.15) is 26.2 Å². The third-order valence-electron chi connectivity index (χ3n) is 3.66. The second-order valence-corrected chi connectivity index (χ2v) is 6.26. The van der Waals surface area contributed by atoms with E-state index in [1.807, 2.05) is 0 Å². The summed E-state index contributed by atoms with van der Waals surface area (Å²) >= 11 is 9.41. The van der Waals surface area contributed by atoms with Crippen LogP contribution in [-0.4, -0.2) is 23.4 Å². The van der Waals surface area contributed by atoms with Gasteiger partial charge in [-0.05, 0) is 43.9 Å². The molecule has 1 aromatic carbocycles. The molecule has 0 spiro atoms. The van der Waals surface area contributed by atoms with Gasteiger partial charge in [0.1, 0.15) is 5.75 Å². The lowest BCUT2D eigenvalue weighted by Crippen LogP contribution is -2.44. The molecule has 1 amide bonds. The Bertz CT molecular complexity index is 469. The van der Waals surface area contributed by atoms with E-state index >= 15 is 0 Å². The van der Waals surface area contributed by atoms with Crippen molar-refractivity contribution in [3.8, 4) is 5.75 Å². The van der Waals surface area contributed by atoms with Crippen molar-refractivity contribution in [3.05, 3.63) is 29.3 Å². The van der Waals surface area contributed by atoms with Crippen LogP contribution >= 0.6 is 27.5 Å². The Morgan fingerprint density at radius 3 is 3.05 bits per heavy atom. The predicted molar refractivity (Wildman–Crippen MR) is 84.6 cm³/mol. The number of nitrogens with one attached hydrogen (secondary N) is 1. The molecule has 3 unspecified atom stereocenters. The first-order chi connectivity index (χ1) is 9.60. The molecule has 0 aromatic heterocycles. The average molecular weight is 361 g/mol. The number of hydrogen-bond donors (Lipinski definition) is 1. The third kappa shape index (κ3) is 4.13. The van der Waals surface area contributed by atoms with Crippen LogP contribution in [0.4, 0.5) is 0 Å². The van der Waals surface area contributed by atoms with Crippen molar-refractivity contribution in [2.75, 3.05) is 5.33 Å². The summed E-state index contributed by atoms with van der Waals surface area (Å²) in [5, 5.41) is 4.62. The molecule has 1 aliphatic carbocycles. The molecule has 5 heteroatoms. The molecule has 0 bridgehead atoms. The summed E-state index contributed by atoms with van der Waals surface area (Å²) in [6.45, 7) is 1.76. The van der Waals surface area contributed by atoms with Crippen LogP contribution in [0.15, 0.2) is 24.3 Å². The van der Waals surface area contributed by atoms with Crippen molar-refractivity contribution in [3.63, 3.8) is 0 Å². The quantitative estimate of drug-likeness (QED) is 0.811. The topological polar surface area (TPSA) is 38.3 Å². The zero-order chi connectivity index (χ0) is 14.5. The van der Waals surface area contributed by atoms with E-state index in [9.17, 15) is 4.79 Å². The van der Waals surface area contributed by atoms with Crippen molar-refractivity contribution in [2.45, 2.75) is 38.3 Å². The molecule has 0 heterocycles. The van der Waals surface area contributed by atoms with Gasteiger partial charge in [-0.1, -0.05) is 40.0 Å². The highest BCUT2D eigenvalue weighted by Crippen LogP contribution is 2.27. The maximum absolute atomic E-state index is 12.2. The third-order valence-corrected chi connectivity index (χ3v) is 4.73. The van der Waals surface area contributed by atoms with E-state index in [0.717, 1.165) is 11.8 Å². The number of hydrogen-bond acceptors (Lipinski definition) is 2. The number of ether oxygens (including phenoxy) is 1. The fraction of sp³-hybridized carbons (Fsp3) is 0.533. The number of amides is 1. The molecule has 1 N–H and O–H groups in total. The van der Waals surface area contributed by atoms with Crippen LogP contribution in [0, 0.1) is 5.92 Å². The molecule has 0 saturated heterocycles. The van der Waals surface area contributed by atoms with E-state index in [1.165, 1.54) is 12.8 Å². The number of benzene rings is 1. The van der Waals surface area contributed by atoms with E-state index in [-0.39, 0.29) is 11.9 Å². The summed E-state index contributed by atoms with van der Waals surface area (Å²) in [4.78, 5) is 12.2. The molecule has 0 radical (unpaired) electrons. The summed E-state index contributed by atoms with van der Waals surface area (Å²) in [6.07, 6.45) is 2.86. The first kappa shape index (κ1) is 15.6.